The number of hydrogen-bond acceptors (Lipinski definition) is 6. The van der Waals surface area contributed by atoms with Gasteiger partial charge < -0.3 is 14.2 Å². The van der Waals surface area contributed by atoms with Gasteiger partial charge >= 0.3 is 0 Å². The molecule has 1 unspecified atom stereocenters. The van der Waals surface area contributed by atoms with Crippen molar-refractivity contribution < 1.29 is 14.2 Å². The highest BCUT2D eigenvalue weighted by Gasteiger charge is 2.24. The topological polar surface area (TPSA) is 72.5 Å². The monoisotopic (exact) mass is 404 g/mol. The third kappa shape index (κ3) is 3.94. The van der Waals surface area contributed by atoms with Crippen LogP contribution in [0, 0.1) is 0 Å². The number of ether oxygens (including phenoxy) is 3. The predicted molar refractivity (Wildman–Crippen MR) is 113 cm³/mol. The number of hydrogen-bond donors (Lipinski definition) is 1. The molecule has 1 aromatic carbocycles. The largest absolute Gasteiger partial charge is 0.497 e. The molecule has 154 valence electrons. The maximum atomic E-state index is 6.01. The fourth-order valence-electron chi connectivity index (χ4n) is 3.91. The second kappa shape index (κ2) is 8.30. The Morgan fingerprint density at radius 2 is 2.20 bits per heavy atom. The molecule has 2 aromatic heterocycles. The van der Waals surface area contributed by atoms with E-state index in [1.165, 1.54) is 5.57 Å². The molecular formula is C23H24N4O3. The highest BCUT2D eigenvalue weighted by Crippen LogP contribution is 2.31. The Balaban J connectivity index is 1.26. The van der Waals surface area contributed by atoms with Gasteiger partial charge in [-0.2, -0.15) is 5.10 Å². The molecule has 2 aliphatic heterocycles. The van der Waals surface area contributed by atoms with Gasteiger partial charge in [-0.1, -0.05) is 0 Å². The lowest BCUT2D eigenvalue weighted by Crippen LogP contribution is -2.40. The van der Waals surface area contributed by atoms with Gasteiger partial charge in [0, 0.05) is 43.2 Å². The maximum absolute atomic E-state index is 6.01. The van der Waals surface area contributed by atoms with Gasteiger partial charge in [0.25, 0.3) is 0 Å². The minimum atomic E-state index is -0.0351. The number of benzene rings is 1. The van der Waals surface area contributed by atoms with E-state index in [-0.39, 0.29) is 6.10 Å². The molecule has 1 atom stereocenters. The zero-order valence-corrected chi connectivity index (χ0v) is 16.9. The van der Waals surface area contributed by atoms with Crippen molar-refractivity contribution >= 4 is 6.08 Å². The lowest BCUT2D eigenvalue weighted by atomic mass is 10.1. The van der Waals surface area contributed by atoms with E-state index >= 15 is 0 Å². The van der Waals surface area contributed by atoms with Crippen molar-refractivity contribution in [2.24, 2.45) is 0 Å². The van der Waals surface area contributed by atoms with Crippen molar-refractivity contribution in [1.82, 2.24) is 20.1 Å². The number of aromatic nitrogens is 3. The first-order valence-corrected chi connectivity index (χ1v) is 10.1. The van der Waals surface area contributed by atoms with E-state index in [0.717, 1.165) is 53.6 Å². The second-order valence-electron chi connectivity index (χ2n) is 7.53. The molecule has 0 bridgehead atoms. The number of nitrogens with one attached hydrogen (secondary N) is 1. The van der Waals surface area contributed by atoms with Crippen LogP contribution in [0.5, 0.6) is 11.5 Å². The Hall–Kier alpha value is -3.16. The number of methoxy groups -OCH3 is 1. The molecule has 7 heteroatoms. The van der Waals surface area contributed by atoms with Gasteiger partial charge in [0.15, 0.2) is 0 Å². The fourth-order valence-corrected chi connectivity index (χ4v) is 3.91. The zero-order valence-electron chi connectivity index (χ0n) is 16.9. The normalized spacial score (nSPS) is 19.0. The first kappa shape index (κ1) is 18.8. The molecule has 0 spiro atoms. The molecule has 3 aromatic rings. The van der Waals surface area contributed by atoms with E-state index in [4.69, 9.17) is 14.2 Å². The van der Waals surface area contributed by atoms with Crippen LogP contribution < -0.4 is 9.47 Å². The quantitative estimate of drug-likeness (QED) is 0.703. The number of morpholine rings is 1. The highest BCUT2D eigenvalue weighted by molar-refractivity contribution is 5.64. The first-order valence-electron chi connectivity index (χ1n) is 10.1. The lowest BCUT2D eigenvalue weighted by Gasteiger charge is -2.33. The molecule has 1 N–H and O–H groups in total. The summed E-state index contributed by atoms with van der Waals surface area (Å²) in [5, 5.41) is 6.96. The Labute approximate surface area is 175 Å². The smallest absolute Gasteiger partial charge is 0.127 e. The van der Waals surface area contributed by atoms with Gasteiger partial charge in [0.2, 0.25) is 0 Å². The minimum Gasteiger partial charge on any atom is -0.497 e. The molecule has 30 heavy (non-hydrogen) atoms. The van der Waals surface area contributed by atoms with E-state index in [0.29, 0.717) is 13.2 Å². The molecule has 7 nitrogen and oxygen atoms in total. The summed E-state index contributed by atoms with van der Waals surface area (Å²) in [6.45, 7) is 3.85. The van der Waals surface area contributed by atoms with E-state index in [2.05, 4.69) is 32.2 Å². The van der Waals surface area contributed by atoms with Crippen molar-refractivity contribution in [3.8, 4) is 22.8 Å². The van der Waals surface area contributed by atoms with Crippen LogP contribution in [0.3, 0.4) is 0 Å². The van der Waals surface area contributed by atoms with Crippen LogP contribution >= 0.6 is 0 Å². The predicted octanol–water partition coefficient (Wildman–Crippen LogP) is 3.33. The van der Waals surface area contributed by atoms with Gasteiger partial charge in [0.1, 0.15) is 24.2 Å². The van der Waals surface area contributed by atoms with Gasteiger partial charge in [0.05, 0.1) is 25.1 Å². The first-order chi connectivity index (χ1) is 14.8. The third-order valence-corrected chi connectivity index (χ3v) is 5.49. The average molecular weight is 404 g/mol. The Morgan fingerprint density at radius 1 is 1.23 bits per heavy atom. The molecule has 1 fully saturated rings. The molecule has 0 aliphatic carbocycles. The molecule has 5 rings (SSSR count). The van der Waals surface area contributed by atoms with Crippen LogP contribution in [-0.2, 0) is 4.74 Å². The van der Waals surface area contributed by atoms with Crippen LogP contribution in [-0.4, -0.2) is 60.0 Å². The van der Waals surface area contributed by atoms with Crippen LogP contribution in [0.1, 0.15) is 17.4 Å². The Bertz CT molecular complexity index is 1030. The Morgan fingerprint density at radius 3 is 3.00 bits per heavy atom. The molecule has 2 aliphatic rings. The van der Waals surface area contributed by atoms with E-state index in [9.17, 15) is 0 Å². The molecule has 0 radical (unpaired) electrons. The number of fused-ring (bicyclic) bond motifs is 1. The summed E-state index contributed by atoms with van der Waals surface area (Å²) >= 11 is 0. The second-order valence-corrected chi connectivity index (χ2v) is 7.53. The molecular weight excluding hydrogens is 380 g/mol. The molecule has 4 heterocycles. The van der Waals surface area contributed by atoms with E-state index < -0.39 is 0 Å². The summed E-state index contributed by atoms with van der Waals surface area (Å²) < 4.78 is 17.3. The molecule has 0 amide bonds. The van der Waals surface area contributed by atoms with Gasteiger partial charge in [-0.15, -0.1) is 0 Å². The van der Waals surface area contributed by atoms with Crippen molar-refractivity contribution in [1.29, 1.82) is 0 Å². The number of H-pyrrole nitrogens is 1. The van der Waals surface area contributed by atoms with E-state index in [1.807, 2.05) is 36.5 Å². The fraction of sp³-hybridized carbons (Fsp3) is 0.304. The zero-order chi connectivity index (χ0) is 20.3. The summed E-state index contributed by atoms with van der Waals surface area (Å²) in [4.78, 5) is 7.04. The van der Waals surface area contributed by atoms with E-state index in [1.54, 1.807) is 13.3 Å². The summed E-state index contributed by atoms with van der Waals surface area (Å²) in [6.07, 6.45) is 5.78. The van der Waals surface area contributed by atoms with Crippen molar-refractivity contribution in [2.45, 2.75) is 6.10 Å². The van der Waals surface area contributed by atoms with Crippen molar-refractivity contribution in [2.75, 3.05) is 40.0 Å². The van der Waals surface area contributed by atoms with Crippen LogP contribution in [0.25, 0.3) is 17.3 Å². The molecule has 0 saturated carbocycles. The minimum absolute atomic E-state index is 0.0351. The number of nitrogens with zero attached hydrogens (tertiary/aromatic N) is 3. The summed E-state index contributed by atoms with van der Waals surface area (Å²) in [5.74, 6) is 1.74. The lowest BCUT2D eigenvalue weighted by molar-refractivity contribution is -0.0294. The summed E-state index contributed by atoms with van der Waals surface area (Å²) in [7, 11) is 1.68. The highest BCUT2D eigenvalue weighted by atomic mass is 16.5. The van der Waals surface area contributed by atoms with Gasteiger partial charge in [-0.25, -0.2) is 0 Å². The summed E-state index contributed by atoms with van der Waals surface area (Å²) in [6, 6.07) is 11.9. The van der Waals surface area contributed by atoms with Crippen LogP contribution in [0.15, 0.2) is 54.4 Å². The SMILES string of the molecule is COc1ccc2c(c1)C=C(CN1CCOC(c3ccc(-c4ccn[nH]4)cn3)C1)CO2. The Kier molecular flexibility index (Phi) is 5.21. The van der Waals surface area contributed by atoms with Crippen molar-refractivity contribution in [3.05, 3.63) is 65.6 Å². The van der Waals surface area contributed by atoms with Gasteiger partial charge in [-0.3, -0.25) is 15.0 Å². The third-order valence-electron chi connectivity index (χ3n) is 5.49. The number of pyridine rings is 1. The molecule has 1 saturated heterocycles. The van der Waals surface area contributed by atoms with Crippen molar-refractivity contribution in [3.63, 3.8) is 0 Å². The standard InChI is InChI=1S/C23H24N4O3/c1-28-19-3-5-22-18(11-19)10-16(15-30-22)13-27-8-9-29-23(14-27)21-4-2-17(12-24-21)20-6-7-25-26-20/h2-7,10-12,23H,8-9,13-15H2,1H3,(H,25,26). The number of aromatic amines is 1. The maximum Gasteiger partial charge on any atom is 0.127 e. The van der Waals surface area contributed by atoms with Gasteiger partial charge in [-0.05, 0) is 48.0 Å². The summed E-state index contributed by atoms with van der Waals surface area (Å²) in [5.41, 5.74) is 5.24. The van der Waals surface area contributed by atoms with Crippen LogP contribution in [0.4, 0.5) is 0 Å². The average Bonchev–Trinajstić information content (AvgIpc) is 3.34. The van der Waals surface area contributed by atoms with Crippen LogP contribution in [0.2, 0.25) is 0 Å². The number of rotatable bonds is 5.